The van der Waals surface area contributed by atoms with Crippen molar-refractivity contribution in [2.45, 2.75) is 32.6 Å². The molecule has 1 N–H and O–H groups in total. The summed E-state index contributed by atoms with van der Waals surface area (Å²) in [7, 11) is 0. The van der Waals surface area contributed by atoms with Gasteiger partial charge in [-0.2, -0.15) is 0 Å². The van der Waals surface area contributed by atoms with E-state index in [1.54, 1.807) is 0 Å². The van der Waals surface area contributed by atoms with E-state index in [0.29, 0.717) is 12.3 Å². The average molecular weight is 203 g/mol. The minimum absolute atomic E-state index is 0.103. The van der Waals surface area contributed by atoms with E-state index >= 15 is 0 Å². The van der Waals surface area contributed by atoms with Crippen molar-refractivity contribution in [2.24, 2.45) is 0 Å². The number of hydrogen-bond donors (Lipinski definition) is 1. The molecular weight excluding hydrogens is 186 g/mol. The summed E-state index contributed by atoms with van der Waals surface area (Å²) in [6.07, 6.45) is 2.08. The lowest BCUT2D eigenvalue weighted by molar-refractivity contribution is -0.112. The number of Topliss-reactive ketones (excluding diaryl/α,β-unsaturated/α-hetero) is 1. The molecule has 0 aromatic heterocycles. The molecule has 1 rings (SSSR count). The Kier molecular flexibility index (Phi) is 4.22. The van der Waals surface area contributed by atoms with Crippen LogP contribution in [0.3, 0.4) is 0 Å². The van der Waals surface area contributed by atoms with Gasteiger partial charge in [-0.15, -0.1) is 0 Å². The largest absolute Gasteiger partial charge is 0.305 e. The molecule has 0 saturated heterocycles. The van der Waals surface area contributed by atoms with Crippen LogP contribution >= 0.6 is 0 Å². The first-order chi connectivity index (χ1) is 7.15. The van der Waals surface area contributed by atoms with Gasteiger partial charge in [0.15, 0.2) is 5.78 Å². The summed E-state index contributed by atoms with van der Waals surface area (Å²) in [6, 6.07) is 8.19. The van der Waals surface area contributed by atoms with Crippen LogP contribution in [0.25, 0.3) is 0 Å². The highest BCUT2D eigenvalue weighted by molar-refractivity contribution is 6.26. The second kappa shape index (κ2) is 5.44. The molecule has 15 heavy (non-hydrogen) atoms. The quantitative estimate of drug-likeness (QED) is 0.734. The van der Waals surface area contributed by atoms with Crippen LogP contribution in [-0.4, -0.2) is 12.0 Å². The first kappa shape index (κ1) is 11.6. The van der Waals surface area contributed by atoms with Gasteiger partial charge in [0, 0.05) is 6.42 Å². The van der Waals surface area contributed by atoms with Crippen molar-refractivity contribution < 1.29 is 4.79 Å². The zero-order valence-electron chi connectivity index (χ0n) is 9.29. The Morgan fingerprint density at radius 1 is 1.40 bits per heavy atom. The van der Waals surface area contributed by atoms with Crippen molar-refractivity contribution >= 4 is 12.0 Å². The van der Waals surface area contributed by atoms with Crippen molar-refractivity contribution in [1.29, 1.82) is 5.41 Å². The fraction of sp³-hybridized carbons (Fsp3) is 0.385. The number of hydrogen-bond acceptors (Lipinski definition) is 2. The predicted molar refractivity (Wildman–Crippen MR) is 62.6 cm³/mol. The molecule has 0 saturated carbocycles. The SMILES string of the molecule is CC(C)c1ccccc1CCC(=O)C=N. The highest BCUT2D eigenvalue weighted by Gasteiger charge is 2.06. The zero-order chi connectivity index (χ0) is 11.3. The van der Waals surface area contributed by atoms with Crippen LogP contribution in [0.5, 0.6) is 0 Å². The molecule has 0 atom stereocenters. The number of ketones is 1. The smallest absolute Gasteiger partial charge is 0.173 e. The van der Waals surface area contributed by atoms with Gasteiger partial charge in [-0.25, -0.2) is 0 Å². The number of nitrogens with one attached hydrogen (secondary N) is 1. The highest BCUT2D eigenvalue weighted by Crippen LogP contribution is 2.20. The van der Waals surface area contributed by atoms with Crippen molar-refractivity contribution in [3.8, 4) is 0 Å². The molecule has 2 nitrogen and oxygen atoms in total. The molecule has 80 valence electrons. The Hall–Kier alpha value is -1.44. The summed E-state index contributed by atoms with van der Waals surface area (Å²) in [4.78, 5) is 11.0. The van der Waals surface area contributed by atoms with Crippen LogP contribution in [0.1, 0.15) is 37.3 Å². The van der Waals surface area contributed by atoms with Crippen LogP contribution in [-0.2, 0) is 11.2 Å². The first-order valence-corrected chi connectivity index (χ1v) is 5.26. The van der Waals surface area contributed by atoms with E-state index in [-0.39, 0.29) is 5.78 Å². The van der Waals surface area contributed by atoms with E-state index in [0.717, 1.165) is 12.6 Å². The molecule has 2 heteroatoms. The van der Waals surface area contributed by atoms with Crippen LogP contribution in [0.4, 0.5) is 0 Å². The number of aryl methyl sites for hydroxylation is 1. The second-order valence-corrected chi connectivity index (χ2v) is 3.96. The van der Waals surface area contributed by atoms with E-state index < -0.39 is 0 Å². The first-order valence-electron chi connectivity index (χ1n) is 5.26. The molecule has 0 amide bonds. The molecule has 0 aliphatic carbocycles. The lowest BCUT2D eigenvalue weighted by atomic mass is 9.94. The molecule has 0 spiro atoms. The molecule has 0 aliphatic heterocycles. The van der Waals surface area contributed by atoms with Gasteiger partial charge < -0.3 is 5.41 Å². The Morgan fingerprint density at radius 3 is 2.67 bits per heavy atom. The Bertz CT molecular complexity index is 355. The Morgan fingerprint density at radius 2 is 2.07 bits per heavy atom. The van der Waals surface area contributed by atoms with Gasteiger partial charge >= 0.3 is 0 Å². The number of rotatable bonds is 5. The lowest BCUT2D eigenvalue weighted by Crippen LogP contribution is -2.03. The van der Waals surface area contributed by atoms with E-state index in [1.807, 2.05) is 12.1 Å². The van der Waals surface area contributed by atoms with Crippen molar-refractivity contribution in [1.82, 2.24) is 0 Å². The van der Waals surface area contributed by atoms with Crippen LogP contribution in [0.2, 0.25) is 0 Å². The molecule has 0 unspecified atom stereocenters. The number of carbonyl (C=O) groups excluding carboxylic acids is 1. The van der Waals surface area contributed by atoms with Gasteiger partial charge in [-0.1, -0.05) is 38.1 Å². The molecule has 1 aromatic rings. The van der Waals surface area contributed by atoms with E-state index in [9.17, 15) is 4.79 Å². The van der Waals surface area contributed by atoms with Crippen LogP contribution in [0, 0.1) is 5.41 Å². The standard InChI is InChI=1S/C13H17NO/c1-10(2)13-6-4-3-5-11(13)7-8-12(15)9-14/h3-6,9-10,14H,7-8H2,1-2H3. The summed E-state index contributed by atoms with van der Waals surface area (Å²) in [5.41, 5.74) is 2.53. The molecule has 0 aliphatic rings. The maximum Gasteiger partial charge on any atom is 0.173 e. The minimum Gasteiger partial charge on any atom is -0.305 e. The summed E-state index contributed by atoms with van der Waals surface area (Å²) < 4.78 is 0. The summed E-state index contributed by atoms with van der Waals surface area (Å²) in [6.45, 7) is 4.30. The Labute approximate surface area is 90.8 Å². The summed E-state index contributed by atoms with van der Waals surface area (Å²) in [5, 5.41) is 6.84. The molecule has 0 fully saturated rings. The van der Waals surface area contributed by atoms with Crippen molar-refractivity contribution in [3.05, 3.63) is 35.4 Å². The zero-order valence-corrected chi connectivity index (χ0v) is 9.29. The fourth-order valence-corrected chi connectivity index (χ4v) is 1.66. The predicted octanol–water partition coefficient (Wildman–Crippen LogP) is 2.96. The maximum absolute atomic E-state index is 11.0. The van der Waals surface area contributed by atoms with Gasteiger partial charge in [0.25, 0.3) is 0 Å². The highest BCUT2D eigenvalue weighted by atomic mass is 16.1. The average Bonchev–Trinajstić information content (AvgIpc) is 2.26. The van der Waals surface area contributed by atoms with Crippen molar-refractivity contribution in [2.75, 3.05) is 0 Å². The second-order valence-electron chi connectivity index (χ2n) is 3.96. The topological polar surface area (TPSA) is 40.9 Å². The third kappa shape index (κ3) is 3.31. The molecule has 0 radical (unpaired) electrons. The molecular formula is C13H17NO. The number of carbonyl (C=O) groups is 1. The van der Waals surface area contributed by atoms with Crippen molar-refractivity contribution in [3.63, 3.8) is 0 Å². The van der Waals surface area contributed by atoms with Gasteiger partial charge in [0.05, 0.1) is 6.21 Å². The summed E-state index contributed by atoms with van der Waals surface area (Å²) in [5.74, 6) is 0.379. The van der Waals surface area contributed by atoms with Gasteiger partial charge in [-0.05, 0) is 23.5 Å². The molecule has 1 aromatic carbocycles. The summed E-state index contributed by atoms with van der Waals surface area (Å²) >= 11 is 0. The third-order valence-corrected chi connectivity index (χ3v) is 2.48. The normalized spacial score (nSPS) is 10.3. The van der Waals surface area contributed by atoms with Gasteiger partial charge in [-0.3, -0.25) is 4.79 Å². The minimum atomic E-state index is -0.103. The lowest BCUT2D eigenvalue weighted by Gasteiger charge is -2.11. The van der Waals surface area contributed by atoms with Crippen LogP contribution < -0.4 is 0 Å². The molecule has 0 bridgehead atoms. The Balaban J connectivity index is 2.75. The van der Waals surface area contributed by atoms with E-state index in [4.69, 9.17) is 5.41 Å². The van der Waals surface area contributed by atoms with E-state index in [2.05, 4.69) is 26.0 Å². The number of benzene rings is 1. The molecule has 0 heterocycles. The maximum atomic E-state index is 11.0. The van der Waals surface area contributed by atoms with E-state index in [1.165, 1.54) is 11.1 Å². The van der Waals surface area contributed by atoms with Gasteiger partial charge in [0.2, 0.25) is 0 Å². The fourth-order valence-electron chi connectivity index (χ4n) is 1.66. The van der Waals surface area contributed by atoms with Gasteiger partial charge in [0.1, 0.15) is 0 Å². The monoisotopic (exact) mass is 203 g/mol. The van der Waals surface area contributed by atoms with Crippen LogP contribution in [0.15, 0.2) is 24.3 Å². The third-order valence-electron chi connectivity index (χ3n) is 2.48.